The lowest BCUT2D eigenvalue weighted by molar-refractivity contribution is -0.122. The molecule has 0 radical (unpaired) electrons. The molecule has 2 N–H and O–H groups in total. The first-order chi connectivity index (χ1) is 9.22. The van der Waals surface area contributed by atoms with Crippen molar-refractivity contribution in [3.63, 3.8) is 0 Å². The summed E-state index contributed by atoms with van der Waals surface area (Å²) in [5.74, 6) is 5.11. The van der Waals surface area contributed by atoms with Crippen molar-refractivity contribution >= 4 is 17.7 Å². The molecule has 1 heterocycles. The SMILES string of the molecule is CC(NC(=O)CC1CSCCN1)C1CC2CCC1C2. The largest absolute Gasteiger partial charge is 0.353 e. The highest BCUT2D eigenvalue weighted by Crippen LogP contribution is 2.49. The van der Waals surface area contributed by atoms with Crippen LogP contribution in [0.4, 0.5) is 0 Å². The molecule has 0 aromatic rings. The van der Waals surface area contributed by atoms with Gasteiger partial charge < -0.3 is 10.6 Å². The van der Waals surface area contributed by atoms with E-state index in [1.807, 2.05) is 11.8 Å². The van der Waals surface area contributed by atoms with Crippen LogP contribution >= 0.6 is 11.8 Å². The van der Waals surface area contributed by atoms with Crippen LogP contribution in [0, 0.1) is 17.8 Å². The second-order valence-electron chi connectivity index (χ2n) is 6.62. The molecular formula is C15H26N2OS. The van der Waals surface area contributed by atoms with Gasteiger partial charge in [-0.3, -0.25) is 4.79 Å². The summed E-state index contributed by atoms with van der Waals surface area (Å²) < 4.78 is 0. The highest BCUT2D eigenvalue weighted by Gasteiger charge is 2.42. The van der Waals surface area contributed by atoms with Crippen molar-refractivity contribution in [3.8, 4) is 0 Å². The van der Waals surface area contributed by atoms with Crippen LogP contribution in [-0.4, -0.2) is 36.0 Å². The molecule has 2 aliphatic carbocycles. The molecule has 5 unspecified atom stereocenters. The quantitative estimate of drug-likeness (QED) is 0.829. The van der Waals surface area contributed by atoms with Crippen molar-refractivity contribution in [2.75, 3.05) is 18.1 Å². The van der Waals surface area contributed by atoms with Crippen LogP contribution in [0.1, 0.15) is 39.0 Å². The van der Waals surface area contributed by atoms with E-state index >= 15 is 0 Å². The molecule has 1 saturated heterocycles. The second-order valence-corrected chi connectivity index (χ2v) is 7.77. The highest BCUT2D eigenvalue weighted by atomic mass is 32.2. The highest BCUT2D eigenvalue weighted by molar-refractivity contribution is 7.99. The van der Waals surface area contributed by atoms with E-state index in [1.54, 1.807) is 0 Å². The topological polar surface area (TPSA) is 41.1 Å². The first kappa shape index (κ1) is 13.7. The second kappa shape index (κ2) is 6.04. The molecule has 3 fully saturated rings. The standard InChI is InChI=1S/C15H26N2OS/c1-10(14-7-11-2-3-12(14)6-11)17-15(18)8-13-9-19-5-4-16-13/h10-14,16H,2-9H2,1H3,(H,17,18). The number of fused-ring (bicyclic) bond motifs is 2. The van der Waals surface area contributed by atoms with Gasteiger partial charge in [-0.25, -0.2) is 0 Å². The van der Waals surface area contributed by atoms with Gasteiger partial charge in [-0.1, -0.05) is 6.42 Å². The van der Waals surface area contributed by atoms with Gasteiger partial charge in [0, 0.05) is 36.6 Å². The Bertz CT molecular complexity index is 330. The fourth-order valence-electron chi connectivity index (χ4n) is 4.30. The Labute approximate surface area is 120 Å². The Balaban J connectivity index is 1.43. The Morgan fingerprint density at radius 1 is 1.42 bits per heavy atom. The van der Waals surface area contributed by atoms with E-state index in [1.165, 1.54) is 31.4 Å². The fraction of sp³-hybridized carbons (Fsp3) is 0.933. The normalized spacial score (nSPS) is 39.2. The number of rotatable bonds is 4. The third kappa shape index (κ3) is 3.27. The predicted molar refractivity (Wildman–Crippen MR) is 80.3 cm³/mol. The van der Waals surface area contributed by atoms with Crippen LogP contribution in [0.5, 0.6) is 0 Å². The molecule has 0 aromatic carbocycles. The van der Waals surface area contributed by atoms with Crippen molar-refractivity contribution in [2.45, 2.75) is 51.1 Å². The van der Waals surface area contributed by atoms with Gasteiger partial charge >= 0.3 is 0 Å². The monoisotopic (exact) mass is 282 g/mol. The molecule has 1 aliphatic heterocycles. The third-order valence-corrected chi connectivity index (χ3v) is 6.38. The van der Waals surface area contributed by atoms with Crippen LogP contribution in [0.15, 0.2) is 0 Å². The van der Waals surface area contributed by atoms with Gasteiger partial charge in [0.2, 0.25) is 5.91 Å². The molecule has 3 aliphatic rings. The average Bonchev–Trinajstić information content (AvgIpc) is 3.02. The van der Waals surface area contributed by atoms with Crippen LogP contribution in [-0.2, 0) is 4.79 Å². The maximum atomic E-state index is 12.1. The lowest BCUT2D eigenvalue weighted by Gasteiger charge is -2.29. The molecule has 2 saturated carbocycles. The minimum absolute atomic E-state index is 0.246. The van der Waals surface area contributed by atoms with E-state index in [9.17, 15) is 4.79 Å². The minimum atomic E-state index is 0.246. The van der Waals surface area contributed by atoms with Crippen molar-refractivity contribution in [2.24, 2.45) is 17.8 Å². The van der Waals surface area contributed by atoms with E-state index in [4.69, 9.17) is 0 Å². The zero-order valence-electron chi connectivity index (χ0n) is 11.9. The molecular weight excluding hydrogens is 256 g/mol. The van der Waals surface area contributed by atoms with Crippen molar-refractivity contribution in [1.29, 1.82) is 0 Å². The molecule has 3 rings (SSSR count). The van der Waals surface area contributed by atoms with Gasteiger partial charge in [-0.2, -0.15) is 11.8 Å². The Morgan fingerprint density at radius 3 is 2.95 bits per heavy atom. The number of carbonyl (C=O) groups excluding carboxylic acids is 1. The number of hydrogen-bond acceptors (Lipinski definition) is 3. The van der Waals surface area contributed by atoms with E-state index in [0.29, 0.717) is 18.5 Å². The average molecular weight is 282 g/mol. The van der Waals surface area contributed by atoms with E-state index < -0.39 is 0 Å². The smallest absolute Gasteiger partial charge is 0.221 e. The number of thioether (sulfide) groups is 1. The van der Waals surface area contributed by atoms with Crippen molar-refractivity contribution in [3.05, 3.63) is 0 Å². The Kier molecular flexibility index (Phi) is 4.37. The summed E-state index contributed by atoms with van der Waals surface area (Å²) in [5.41, 5.74) is 0. The first-order valence-corrected chi connectivity index (χ1v) is 8.98. The molecule has 108 valence electrons. The van der Waals surface area contributed by atoms with Gasteiger partial charge in [0.1, 0.15) is 0 Å². The summed E-state index contributed by atoms with van der Waals surface area (Å²) in [4.78, 5) is 12.1. The van der Waals surface area contributed by atoms with Gasteiger partial charge in [-0.05, 0) is 43.9 Å². The summed E-state index contributed by atoms with van der Waals surface area (Å²) in [6, 6.07) is 0.755. The van der Waals surface area contributed by atoms with Crippen molar-refractivity contribution < 1.29 is 4.79 Å². The molecule has 1 amide bonds. The van der Waals surface area contributed by atoms with Gasteiger partial charge in [-0.15, -0.1) is 0 Å². The zero-order valence-corrected chi connectivity index (χ0v) is 12.7. The Morgan fingerprint density at radius 2 is 2.32 bits per heavy atom. The van der Waals surface area contributed by atoms with Crippen LogP contribution in [0.2, 0.25) is 0 Å². The van der Waals surface area contributed by atoms with Crippen LogP contribution in [0.3, 0.4) is 0 Å². The summed E-state index contributed by atoms with van der Waals surface area (Å²) >= 11 is 1.96. The third-order valence-electron chi connectivity index (χ3n) is 5.25. The lowest BCUT2D eigenvalue weighted by atomic mass is 9.84. The van der Waals surface area contributed by atoms with E-state index in [-0.39, 0.29) is 5.91 Å². The summed E-state index contributed by atoms with van der Waals surface area (Å²) in [6.07, 6.45) is 6.26. The molecule has 0 aromatic heterocycles. The van der Waals surface area contributed by atoms with Crippen LogP contribution < -0.4 is 10.6 Å². The van der Waals surface area contributed by atoms with Crippen molar-refractivity contribution in [1.82, 2.24) is 10.6 Å². The number of carbonyl (C=O) groups is 1. The minimum Gasteiger partial charge on any atom is -0.353 e. The summed E-state index contributed by atoms with van der Waals surface area (Å²) in [7, 11) is 0. The molecule has 4 heteroatoms. The molecule has 0 spiro atoms. The number of hydrogen-bond donors (Lipinski definition) is 2. The van der Waals surface area contributed by atoms with E-state index in [2.05, 4.69) is 17.6 Å². The molecule has 5 atom stereocenters. The number of amides is 1. The zero-order chi connectivity index (χ0) is 13.2. The Hall–Kier alpha value is -0.220. The molecule has 2 bridgehead atoms. The predicted octanol–water partition coefficient (Wildman–Crippen LogP) is 2.02. The summed E-state index contributed by atoms with van der Waals surface area (Å²) in [5, 5.41) is 6.70. The van der Waals surface area contributed by atoms with Crippen LogP contribution in [0.25, 0.3) is 0 Å². The maximum Gasteiger partial charge on any atom is 0.221 e. The lowest BCUT2D eigenvalue weighted by Crippen LogP contribution is -2.45. The van der Waals surface area contributed by atoms with Gasteiger partial charge in [0.05, 0.1) is 0 Å². The number of nitrogens with one attached hydrogen (secondary N) is 2. The maximum absolute atomic E-state index is 12.1. The molecule has 19 heavy (non-hydrogen) atoms. The van der Waals surface area contributed by atoms with E-state index in [0.717, 1.165) is 30.1 Å². The first-order valence-electron chi connectivity index (χ1n) is 7.83. The van der Waals surface area contributed by atoms with Gasteiger partial charge in [0.25, 0.3) is 0 Å². The van der Waals surface area contributed by atoms with Gasteiger partial charge in [0.15, 0.2) is 0 Å². The fourth-order valence-corrected chi connectivity index (χ4v) is 5.25. The molecule has 3 nitrogen and oxygen atoms in total. The summed E-state index contributed by atoms with van der Waals surface area (Å²) in [6.45, 7) is 3.26.